The number of hydrogen-bond donors (Lipinski definition) is 0. The maximum absolute atomic E-state index is 12.3. The van der Waals surface area contributed by atoms with E-state index in [0.29, 0.717) is 5.75 Å². The Labute approximate surface area is 162 Å². The molecule has 2 aromatic rings. The maximum atomic E-state index is 12.3. The first-order valence-corrected chi connectivity index (χ1v) is 9.55. The van der Waals surface area contributed by atoms with Crippen molar-refractivity contribution in [3.63, 3.8) is 0 Å². The number of ketones is 1. The molecular formula is C18H18ClNO6S. The third-order valence-electron chi connectivity index (χ3n) is 3.68. The van der Waals surface area contributed by atoms with E-state index in [1.807, 2.05) is 0 Å². The minimum absolute atomic E-state index is 0.0162. The third kappa shape index (κ3) is 4.65. The van der Waals surface area contributed by atoms with Gasteiger partial charge in [0.15, 0.2) is 6.61 Å². The lowest BCUT2D eigenvalue weighted by Gasteiger charge is -2.13. The molecule has 0 saturated heterocycles. The van der Waals surface area contributed by atoms with Crippen molar-refractivity contribution in [1.29, 1.82) is 0 Å². The number of ether oxygens (including phenoxy) is 2. The Morgan fingerprint density at radius 2 is 1.74 bits per heavy atom. The van der Waals surface area contributed by atoms with Gasteiger partial charge in [0.25, 0.3) is 0 Å². The quantitative estimate of drug-likeness (QED) is 0.514. The first-order valence-electron chi connectivity index (χ1n) is 7.74. The highest BCUT2D eigenvalue weighted by molar-refractivity contribution is 7.89. The van der Waals surface area contributed by atoms with Crippen LogP contribution in [0.1, 0.15) is 20.7 Å². The zero-order chi connectivity index (χ0) is 20.2. The summed E-state index contributed by atoms with van der Waals surface area (Å²) in [5.74, 6) is -1.01. The molecule has 0 amide bonds. The monoisotopic (exact) mass is 411 g/mol. The number of nitrogens with zero attached hydrogens (tertiary/aromatic N) is 1. The molecule has 0 bridgehead atoms. The lowest BCUT2D eigenvalue weighted by molar-refractivity contribution is 0.0474. The maximum Gasteiger partial charge on any atom is 0.340 e. The minimum atomic E-state index is -3.75. The number of benzene rings is 2. The molecule has 0 aliphatic heterocycles. The van der Waals surface area contributed by atoms with E-state index < -0.39 is 28.4 Å². The number of halogens is 1. The van der Waals surface area contributed by atoms with Crippen LogP contribution in [0.25, 0.3) is 0 Å². The first-order chi connectivity index (χ1) is 12.7. The Morgan fingerprint density at radius 3 is 2.37 bits per heavy atom. The van der Waals surface area contributed by atoms with Crippen molar-refractivity contribution in [2.75, 3.05) is 27.8 Å². The zero-order valence-corrected chi connectivity index (χ0v) is 16.5. The molecule has 0 radical (unpaired) electrons. The number of esters is 1. The summed E-state index contributed by atoms with van der Waals surface area (Å²) in [6.45, 7) is -0.541. The molecule has 0 aliphatic rings. The Hall–Kier alpha value is -2.42. The Kier molecular flexibility index (Phi) is 6.59. The number of carbonyl (C=O) groups excluding carboxylic acids is 2. The van der Waals surface area contributed by atoms with Crippen molar-refractivity contribution in [1.82, 2.24) is 4.31 Å². The van der Waals surface area contributed by atoms with Crippen LogP contribution in [-0.2, 0) is 14.8 Å². The van der Waals surface area contributed by atoms with Crippen molar-refractivity contribution in [2.24, 2.45) is 0 Å². The topological polar surface area (TPSA) is 90.0 Å². The number of methoxy groups -OCH3 is 1. The molecule has 2 rings (SSSR count). The van der Waals surface area contributed by atoms with Crippen molar-refractivity contribution in [3.05, 3.63) is 58.6 Å². The number of Topliss-reactive ketones (excluding diaryl/α,β-unsaturated/α-hetero) is 1. The van der Waals surface area contributed by atoms with E-state index in [9.17, 15) is 18.0 Å². The normalized spacial score (nSPS) is 11.3. The predicted molar refractivity (Wildman–Crippen MR) is 99.9 cm³/mol. The van der Waals surface area contributed by atoms with E-state index in [1.54, 1.807) is 24.3 Å². The summed E-state index contributed by atoms with van der Waals surface area (Å²) in [6, 6.07) is 10.2. The van der Waals surface area contributed by atoms with E-state index in [1.165, 1.54) is 33.3 Å². The van der Waals surface area contributed by atoms with E-state index >= 15 is 0 Å². The van der Waals surface area contributed by atoms with Gasteiger partial charge >= 0.3 is 5.97 Å². The fourth-order valence-electron chi connectivity index (χ4n) is 2.19. The molecule has 0 unspecified atom stereocenters. The van der Waals surface area contributed by atoms with Crippen molar-refractivity contribution in [2.45, 2.75) is 4.90 Å². The van der Waals surface area contributed by atoms with E-state index in [0.717, 1.165) is 10.4 Å². The van der Waals surface area contributed by atoms with Crippen LogP contribution >= 0.6 is 11.6 Å². The van der Waals surface area contributed by atoms with Gasteiger partial charge in [-0.1, -0.05) is 23.7 Å². The van der Waals surface area contributed by atoms with Crippen LogP contribution in [0.5, 0.6) is 5.75 Å². The summed E-state index contributed by atoms with van der Waals surface area (Å²) in [7, 11) is 0.413. The molecule has 0 fully saturated rings. The smallest absolute Gasteiger partial charge is 0.340 e. The van der Waals surface area contributed by atoms with Gasteiger partial charge in [-0.15, -0.1) is 0 Å². The van der Waals surface area contributed by atoms with Crippen LogP contribution in [0.15, 0.2) is 47.4 Å². The van der Waals surface area contributed by atoms with Crippen LogP contribution in [0, 0.1) is 0 Å². The van der Waals surface area contributed by atoms with Crippen LogP contribution in [0.3, 0.4) is 0 Å². The van der Waals surface area contributed by atoms with Gasteiger partial charge in [-0.05, 0) is 30.3 Å². The number of sulfonamides is 1. The van der Waals surface area contributed by atoms with Gasteiger partial charge in [0.1, 0.15) is 5.75 Å². The molecule has 27 heavy (non-hydrogen) atoms. The van der Waals surface area contributed by atoms with Crippen LogP contribution in [0.2, 0.25) is 5.02 Å². The summed E-state index contributed by atoms with van der Waals surface area (Å²) in [5.41, 5.74) is 0.121. The minimum Gasteiger partial charge on any atom is -0.496 e. The summed E-state index contributed by atoms with van der Waals surface area (Å²) in [6.07, 6.45) is 0. The predicted octanol–water partition coefficient (Wildman–Crippen LogP) is 2.64. The van der Waals surface area contributed by atoms with Crippen LogP contribution in [-0.4, -0.2) is 52.3 Å². The second-order valence-electron chi connectivity index (χ2n) is 5.63. The summed E-state index contributed by atoms with van der Waals surface area (Å²) < 4.78 is 35.5. The average Bonchev–Trinajstić information content (AvgIpc) is 2.65. The van der Waals surface area contributed by atoms with Gasteiger partial charge in [0.05, 0.1) is 28.2 Å². The van der Waals surface area contributed by atoms with Crippen LogP contribution in [0.4, 0.5) is 0 Å². The molecule has 7 nitrogen and oxygen atoms in total. The SMILES string of the molecule is COc1ccccc1C(=O)COC(=O)c1cc(S(=O)(=O)N(C)C)ccc1Cl. The molecule has 9 heteroatoms. The number of rotatable bonds is 7. The molecule has 0 saturated carbocycles. The molecule has 2 aromatic carbocycles. The van der Waals surface area contributed by atoms with Gasteiger partial charge in [0.2, 0.25) is 15.8 Å². The van der Waals surface area contributed by atoms with E-state index in [2.05, 4.69) is 0 Å². The molecule has 144 valence electrons. The summed E-state index contributed by atoms with van der Waals surface area (Å²) in [5, 5.41) is 0.0162. The van der Waals surface area contributed by atoms with E-state index in [4.69, 9.17) is 21.1 Å². The number of hydrogen-bond acceptors (Lipinski definition) is 6. The van der Waals surface area contributed by atoms with Gasteiger partial charge in [-0.2, -0.15) is 0 Å². The van der Waals surface area contributed by atoms with Gasteiger partial charge < -0.3 is 9.47 Å². The Bertz CT molecular complexity index is 972. The molecule has 0 spiro atoms. The van der Waals surface area contributed by atoms with Gasteiger partial charge in [0, 0.05) is 14.1 Å². The summed E-state index contributed by atoms with van der Waals surface area (Å²) in [4.78, 5) is 24.5. The summed E-state index contributed by atoms with van der Waals surface area (Å²) >= 11 is 5.99. The first kappa shape index (κ1) is 20.9. The highest BCUT2D eigenvalue weighted by atomic mass is 35.5. The van der Waals surface area contributed by atoms with Crippen molar-refractivity contribution in [3.8, 4) is 5.75 Å². The Balaban J connectivity index is 2.20. The van der Waals surface area contributed by atoms with Crippen LogP contribution < -0.4 is 4.74 Å². The standard InChI is InChI=1S/C18H18ClNO6S/c1-20(2)27(23,24)12-8-9-15(19)14(10-12)18(22)26-11-16(21)13-6-4-5-7-17(13)25-3/h4-10H,11H2,1-3H3. The molecule has 0 aliphatic carbocycles. The highest BCUT2D eigenvalue weighted by Crippen LogP contribution is 2.23. The van der Waals surface area contributed by atoms with E-state index in [-0.39, 0.29) is 21.0 Å². The third-order valence-corrected chi connectivity index (χ3v) is 5.82. The number of para-hydroxylation sites is 1. The fourth-order valence-corrected chi connectivity index (χ4v) is 3.32. The van der Waals surface area contributed by atoms with Crippen molar-refractivity contribution < 1.29 is 27.5 Å². The lowest BCUT2D eigenvalue weighted by Crippen LogP contribution is -2.22. The zero-order valence-electron chi connectivity index (χ0n) is 14.9. The molecule has 0 heterocycles. The highest BCUT2D eigenvalue weighted by Gasteiger charge is 2.22. The average molecular weight is 412 g/mol. The second kappa shape index (κ2) is 8.51. The largest absolute Gasteiger partial charge is 0.496 e. The molecule has 0 aromatic heterocycles. The van der Waals surface area contributed by atoms with Gasteiger partial charge in [-0.25, -0.2) is 17.5 Å². The second-order valence-corrected chi connectivity index (χ2v) is 8.19. The molecule has 0 atom stereocenters. The molecular weight excluding hydrogens is 394 g/mol. The fraction of sp³-hybridized carbons (Fsp3) is 0.222. The van der Waals surface area contributed by atoms with Gasteiger partial charge in [-0.3, -0.25) is 4.79 Å². The lowest BCUT2D eigenvalue weighted by atomic mass is 10.1. The number of carbonyl (C=O) groups is 2. The van der Waals surface area contributed by atoms with Crippen molar-refractivity contribution >= 4 is 33.4 Å². The Morgan fingerprint density at radius 1 is 1.07 bits per heavy atom. The molecule has 0 N–H and O–H groups in total.